The first-order valence-electron chi connectivity index (χ1n) is 9.12. The Morgan fingerprint density at radius 1 is 0.810 bits per heavy atom. The van der Waals surface area contributed by atoms with Crippen LogP contribution in [0.15, 0.2) is 0 Å². The third kappa shape index (κ3) is 14.1. The average Bonchev–Trinajstić information content (AvgIpc) is 2.50. The predicted molar refractivity (Wildman–Crippen MR) is 90.6 cm³/mol. The van der Waals surface area contributed by atoms with E-state index in [2.05, 4.69) is 25.7 Å². The van der Waals surface area contributed by atoms with Crippen LogP contribution < -0.4 is 0 Å². The van der Waals surface area contributed by atoms with Gasteiger partial charge in [-0.05, 0) is 19.5 Å². The van der Waals surface area contributed by atoms with Gasteiger partial charge in [0, 0.05) is 6.54 Å². The Labute approximate surface area is 132 Å². The van der Waals surface area contributed by atoms with Gasteiger partial charge in [0.25, 0.3) is 0 Å². The van der Waals surface area contributed by atoms with E-state index in [0.717, 1.165) is 26.1 Å². The Hall–Kier alpha value is -0.570. The molecule has 0 saturated heterocycles. The number of hydrogen-bond donors (Lipinski definition) is 0. The molecule has 0 heterocycles. The maximum absolute atomic E-state index is 11.6. The molecule has 0 spiro atoms. The van der Waals surface area contributed by atoms with E-state index < -0.39 is 0 Å². The molecule has 0 aliphatic carbocycles. The summed E-state index contributed by atoms with van der Waals surface area (Å²) in [6, 6.07) is 0. The molecule has 0 rings (SSSR count). The summed E-state index contributed by atoms with van der Waals surface area (Å²) in [5.74, 6) is -0.0403. The van der Waals surface area contributed by atoms with Gasteiger partial charge >= 0.3 is 5.97 Å². The standard InChI is InChI=1S/C18H37NO2/c1-4-7-8-9-10-11-12-13-14-17-21-18(20)15-16-19(5-2)6-3/h4-17H2,1-3H3. The largest absolute Gasteiger partial charge is 0.466 e. The summed E-state index contributed by atoms with van der Waals surface area (Å²) in [5.41, 5.74) is 0. The van der Waals surface area contributed by atoms with Crippen LogP contribution in [0, 0.1) is 0 Å². The molecule has 0 unspecified atom stereocenters. The third-order valence-electron chi connectivity index (χ3n) is 4.04. The number of nitrogens with zero attached hydrogens (tertiary/aromatic N) is 1. The Bertz CT molecular complexity index is 227. The minimum absolute atomic E-state index is 0.0403. The van der Waals surface area contributed by atoms with Crippen molar-refractivity contribution >= 4 is 5.97 Å². The van der Waals surface area contributed by atoms with Gasteiger partial charge in [0.1, 0.15) is 0 Å². The Kier molecular flexibility index (Phi) is 15.4. The zero-order valence-electron chi connectivity index (χ0n) is 14.7. The Morgan fingerprint density at radius 3 is 1.86 bits per heavy atom. The first-order chi connectivity index (χ1) is 10.2. The average molecular weight is 299 g/mol. The van der Waals surface area contributed by atoms with Crippen molar-refractivity contribution in [3.05, 3.63) is 0 Å². The van der Waals surface area contributed by atoms with Crippen LogP contribution in [-0.4, -0.2) is 37.1 Å². The molecule has 0 N–H and O–H groups in total. The van der Waals surface area contributed by atoms with Gasteiger partial charge < -0.3 is 9.64 Å². The number of ether oxygens (including phenoxy) is 1. The van der Waals surface area contributed by atoms with Crippen molar-refractivity contribution in [1.29, 1.82) is 0 Å². The summed E-state index contributed by atoms with van der Waals surface area (Å²) in [6.07, 6.45) is 12.2. The van der Waals surface area contributed by atoms with E-state index in [4.69, 9.17) is 4.74 Å². The molecular weight excluding hydrogens is 262 g/mol. The highest BCUT2D eigenvalue weighted by Crippen LogP contribution is 2.09. The fourth-order valence-corrected chi connectivity index (χ4v) is 2.46. The number of carbonyl (C=O) groups is 1. The molecule has 0 aromatic rings. The monoisotopic (exact) mass is 299 g/mol. The zero-order valence-corrected chi connectivity index (χ0v) is 14.7. The van der Waals surface area contributed by atoms with E-state index in [1.165, 1.54) is 51.4 Å². The number of rotatable bonds is 15. The van der Waals surface area contributed by atoms with Gasteiger partial charge in [-0.1, -0.05) is 72.1 Å². The van der Waals surface area contributed by atoms with Gasteiger partial charge in [-0.25, -0.2) is 0 Å². The molecule has 3 heteroatoms. The van der Waals surface area contributed by atoms with Crippen molar-refractivity contribution in [3.63, 3.8) is 0 Å². The van der Waals surface area contributed by atoms with E-state index in [1.54, 1.807) is 0 Å². The van der Waals surface area contributed by atoms with Crippen LogP contribution in [0.4, 0.5) is 0 Å². The molecule has 0 saturated carbocycles. The summed E-state index contributed by atoms with van der Waals surface area (Å²) >= 11 is 0. The molecule has 0 radical (unpaired) electrons. The normalized spacial score (nSPS) is 11.0. The van der Waals surface area contributed by atoms with Gasteiger partial charge in [0.2, 0.25) is 0 Å². The van der Waals surface area contributed by atoms with Gasteiger partial charge in [0.05, 0.1) is 13.0 Å². The Balaban J connectivity index is 3.25. The second-order valence-corrected chi connectivity index (χ2v) is 5.83. The number of carbonyl (C=O) groups excluding carboxylic acids is 1. The molecule has 0 amide bonds. The van der Waals surface area contributed by atoms with E-state index >= 15 is 0 Å². The highest BCUT2D eigenvalue weighted by molar-refractivity contribution is 5.69. The first kappa shape index (κ1) is 20.4. The summed E-state index contributed by atoms with van der Waals surface area (Å²) in [7, 11) is 0. The van der Waals surface area contributed by atoms with Crippen LogP contribution in [0.5, 0.6) is 0 Å². The fourth-order valence-electron chi connectivity index (χ4n) is 2.46. The topological polar surface area (TPSA) is 29.5 Å². The van der Waals surface area contributed by atoms with Crippen molar-refractivity contribution in [1.82, 2.24) is 4.90 Å². The SMILES string of the molecule is CCCCCCCCCCCOC(=O)CCN(CC)CC. The van der Waals surface area contributed by atoms with E-state index in [1.807, 2.05) is 0 Å². The van der Waals surface area contributed by atoms with E-state index in [0.29, 0.717) is 13.0 Å². The zero-order chi connectivity index (χ0) is 15.8. The molecule has 0 aromatic carbocycles. The summed E-state index contributed by atoms with van der Waals surface area (Å²) in [6.45, 7) is 9.93. The van der Waals surface area contributed by atoms with Crippen LogP contribution in [0.25, 0.3) is 0 Å². The van der Waals surface area contributed by atoms with Crippen LogP contribution in [0.3, 0.4) is 0 Å². The van der Waals surface area contributed by atoms with Crippen molar-refractivity contribution < 1.29 is 9.53 Å². The molecular formula is C18H37NO2. The lowest BCUT2D eigenvalue weighted by Crippen LogP contribution is -2.26. The minimum Gasteiger partial charge on any atom is -0.466 e. The quantitative estimate of drug-likeness (QED) is 0.321. The summed E-state index contributed by atoms with van der Waals surface area (Å²) < 4.78 is 5.28. The maximum atomic E-state index is 11.6. The minimum atomic E-state index is -0.0403. The Morgan fingerprint density at radius 2 is 1.33 bits per heavy atom. The molecule has 21 heavy (non-hydrogen) atoms. The van der Waals surface area contributed by atoms with Crippen LogP contribution in [-0.2, 0) is 9.53 Å². The van der Waals surface area contributed by atoms with Crippen molar-refractivity contribution in [2.45, 2.75) is 85.0 Å². The third-order valence-corrected chi connectivity index (χ3v) is 4.04. The van der Waals surface area contributed by atoms with E-state index in [9.17, 15) is 4.79 Å². The van der Waals surface area contributed by atoms with Crippen molar-refractivity contribution in [3.8, 4) is 0 Å². The van der Waals surface area contributed by atoms with Crippen LogP contribution in [0.1, 0.15) is 85.0 Å². The molecule has 0 aliphatic heterocycles. The van der Waals surface area contributed by atoms with Crippen LogP contribution in [0.2, 0.25) is 0 Å². The van der Waals surface area contributed by atoms with Crippen molar-refractivity contribution in [2.24, 2.45) is 0 Å². The molecule has 0 bridgehead atoms. The fraction of sp³-hybridized carbons (Fsp3) is 0.944. The predicted octanol–water partition coefficient (Wildman–Crippen LogP) is 4.79. The van der Waals surface area contributed by atoms with Crippen molar-refractivity contribution in [2.75, 3.05) is 26.2 Å². The summed E-state index contributed by atoms with van der Waals surface area (Å²) in [4.78, 5) is 13.8. The van der Waals surface area contributed by atoms with Crippen LogP contribution >= 0.6 is 0 Å². The first-order valence-corrected chi connectivity index (χ1v) is 9.12. The lowest BCUT2D eigenvalue weighted by Gasteiger charge is -2.16. The van der Waals surface area contributed by atoms with Gasteiger partial charge in [-0.3, -0.25) is 4.79 Å². The second kappa shape index (κ2) is 15.8. The van der Waals surface area contributed by atoms with Gasteiger partial charge in [0.15, 0.2) is 0 Å². The second-order valence-electron chi connectivity index (χ2n) is 5.83. The highest BCUT2D eigenvalue weighted by Gasteiger charge is 2.05. The maximum Gasteiger partial charge on any atom is 0.307 e. The lowest BCUT2D eigenvalue weighted by molar-refractivity contribution is -0.144. The molecule has 0 fully saturated rings. The van der Waals surface area contributed by atoms with Gasteiger partial charge in [-0.15, -0.1) is 0 Å². The van der Waals surface area contributed by atoms with Gasteiger partial charge in [-0.2, -0.15) is 0 Å². The molecule has 126 valence electrons. The highest BCUT2D eigenvalue weighted by atomic mass is 16.5. The molecule has 0 atom stereocenters. The lowest BCUT2D eigenvalue weighted by atomic mass is 10.1. The number of esters is 1. The molecule has 0 aliphatic rings. The number of hydrogen-bond acceptors (Lipinski definition) is 3. The smallest absolute Gasteiger partial charge is 0.307 e. The molecule has 0 aromatic heterocycles. The summed E-state index contributed by atoms with van der Waals surface area (Å²) in [5, 5.41) is 0. The molecule has 3 nitrogen and oxygen atoms in total. The van der Waals surface area contributed by atoms with E-state index in [-0.39, 0.29) is 5.97 Å². The number of unbranched alkanes of at least 4 members (excludes halogenated alkanes) is 8.